The van der Waals surface area contributed by atoms with Crippen molar-refractivity contribution in [2.75, 3.05) is 0 Å². The summed E-state index contributed by atoms with van der Waals surface area (Å²) >= 11 is 14.6. The van der Waals surface area contributed by atoms with Gasteiger partial charge in [-0.3, -0.25) is 0 Å². The first-order chi connectivity index (χ1) is 1.73. The molecule has 2 radical (unpaired) electrons. The molecule has 0 amide bonds. The van der Waals surface area contributed by atoms with E-state index >= 15 is 0 Å². The van der Waals surface area contributed by atoms with Gasteiger partial charge >= 0.3 is 0 Å². The van der Waals surface area contributed by atoms with Gasteiger partial charge in [0.25, 0.3) is 0 Å². The SMILES string of the molecule is ClP(Cl)Cl.[Sr]. The Morgan fingerprint density at radius 1 is 1.00 bits per heavy atom. The van der Waals surface area contributed by atoms with Crippen molar-refractivity contribution < 1.29 is 0 Å². The van der Waals surface area contributed by atoms with Crippen LogP contribution in [0.5, 0.6) is 0 Å². The van der Waals surface area contributed by atoms with Crippen LogP contribution < -0.4 is 0 Å². The fourth-order valence-electron chi connectivity index (χ4n) is 0. The van der Waals surface area contributed by atoms with E-state index in [9.17, 15) is 0 Å². The first kappa shape index (κ1) is 10.7. The summed E-state index contributed by atoms with van der Waals surface area (Å²) in [6.07, 6.45) is 0. The third-order valence-electron chi connectivity index (χ3n) is 0. The third kappa shape index (κ3) is 20.0. The molecule has 0 aliphatic carbocycles. The minimum absolute atomic E-state index is 0. The van der Waals surface area contributed by atoms with Crippen LogP contribution >= 0.6 is 39.7 Å². The summed E-state index contributed by atoms with van der Waals surface area (Å²) in [6, 6.07) is 0. The van der Waals surface area contributed by atoms with Gasteiger partial charge in [-0.05, 0) is 0 Å². The summed E-state index contributed by atoms with van der Waals surface area (Å²) in [6.45, 7) is 0. The molecule has 0 atom stereocenters. The van der Waals surface area contributed by atoms with E-state index < -0.39 is 5.98 Å². The maximum atomic E-state index is 4.87. The molecule has 0 heterocycles. The molecule has 0 aliphatic heterocycles. The molecule has 5 heteroatoms. The summed E-state index contributed by atoms with van der Waals surface area (Å²) in [4.78, 5) is 0. The number of hydrogen-bond donors (Lipinski definition) is 0. The molecule has 0 nitrogen and oxygen atoms in total. The molecule has 5 heavy (non-hydrogen) atoms. The molecule has 0 aromatic heterocycles. The second-order valence-electron chi connectivity index (χ2n) is 0.192. The van der Waals surface area contributed by atoms with Gasteiger partial charge in [-0.2, -0.15) is 0 Å². The van der Waals surface area contributed by atoms with Crippen LogP contribution in [0.25, 0.3) is 0 Å². The van der Waals surface area contributed by atoms with Crippen LogP contribution in [0.4, 0.5) is 0 Å². The fourth-order valence-corrected chi connectivity index (χ4v) is 0. The van der Waals surface area contributed by atoms with Crippen molar-refractivity contribution in [1.29, 1.82) is 0 Å². The van der Waals surface area contributed by atoms with Crippen LogP contribution in [-0.4, -0.2) is 45.5 Å². The Kier molecular flexibility index (Phi) is 14.5. The Bertz CT molecular complexity index is 11.6. The van der Waals surface area contributed by atoms with Crippen molar-refractivity contribution in [2.45, 2.75) is 0 Å². The predicted octanol–water partition coefficient (Wildman–Crippen LogP) is 2.55. The average Bonchev–Trinajstić information content (AvgIpc) is 0.811. The van der Waals surface area contributed by atoms with E-state index in [0.29, 0.717) is 0 Å². The molecule has 0 aromatic carbocycles. The Morgan fingerprint density at radius 3 is 1.00 bits per heavy atom. The molecular formula is Cl3PSr. The third-order valence-corrected chi connectivity index (χ3v) is 0. The van der Waals surface area contributed by atoms with Crippen molar-refractivity contribution in [1.82, 2.24) is 0 Å². The van der Waals surface area contributed by atoms with Crippen molar-refractivity contribution in [2.24, 2.45) is 0 Å². The van der Waals surface area contributed by atoms with E-state index in [-0.39, 0.29) is 45.5 Å². The number of rotatable bonds is 0. The normalized spacial score (nSPS) is 7.20. The van der Waals surface area contributed by atoms with Gasteiger partial charge in [0.05, 0.1) is 0 Å². The zero-order chi connectivity index (χ0) is 3.58. The number of halogens is 3. The molecule has 0 rings (SSSR count). The van der Waals surface area contributed by atoms with Crippen molar-refractivity contribution in [3.63, 3.8) is 0 Å². The van der Waals surface area contributed by atoms with Gasteiger partial charge in [0.2, 0.25) is 0 Å². The smallest absolute Gasteiger partial charge is 0.0596 e. The Morgan fingerprint density at radius 2 is 1.00 bits per heavy atom. The maximum Gasteiger partial charge on any atom is 0.179 e. The minimum atomic E-state index is -1.20. The minimum Gasteiger partial charge on any atom is -0.0596 e. The summed E-state index contributed by atoms with van der Waals surface area (Å²) in [5.74, 6) is -1.20. The number of hydrogen-bond acceptors (Lipinski definition) is 0. The van der Waals surface area contributed by atoms with E-state index in [1.807, 2.05) is 0 Å². The van der Waals surface area contributed by atoms with Crippen molar-refractivity contribution >= 4 is 85.2 Å². The van der Waals surface area contributed by atoms with Gasteiger partial charge in [0.15, 0.2) is 5.98 Å². The zero-order valence-corrected chi connectivity index (χ0v) is 8.93. The van der Waals surface area contributed by atoms with Crippen molar-refractivity contribution in [3.05, 3.63) is 0 Å². The summed E-state index contributed by atoms with van der Waals surface area (Å²) in [5.41, 5.74) is 0. The van der Waals surface area contributed by atoms with Crippen LogP contribution in [0, 0.1) is 0 Å². The van der Waals surface area contributed by atoms with E-state index in [0.717, 1.165) is 0 Å². The van der Waals surface area contributed by atoms with Gasteiger partial charge in [-0.1, -0.05) is 33.7 Å². The zero-order valence-electron chi connectivity index (χ0n) is 2.29. The molecule has 0 aromatic rings. The summed E-state index contributed by atoms with van der Waals surface area (Å²) < 4.78 is 0. The van der Waals surface area contributed by atoms with Gasteiger partial charge in [-0.25, -0.2) is 0 Å². The maximum absolute atomic E-state index is 4.87. The van der Waals surface area contributed by atoms with E-state index in [4.69, 9.17) is 33.7 Å². The quantitative estimate of drug-likeness (QED) is 0.439. The van der Waals surface area contributed by atoms with E-state index in [2.05, 4.69) is 0 Å². The molecule has 0 spiro atoms. The molecule has 28 valence electrons. The monoisotopic (exact) mass is 224 g/mol. The molecule has 0 N–H and O–H groups in total. The Labute approximate surface area is 83.5 Å². The molecule has 0 unspecified atom stereocenters. The fraction of sp³-hybridized carbons (Fsp3) is 0. The molecule has 0 aliphatic rings. The first-order valence-corrected chi connectivity index (χ1v) is 4.56. The first-order valence-electron chi connectivity index (χ1n) is 0.507. The second-order valence-corrected chi connectivity index (χ2v) is 5.17. The standard InChI is InChI=1S/Cl3P.Sr/c1-4(2)3;. The summed E-state index contributed by atoms with van der Waals surface area (Å²) in [5, 5.41) is 0. The molecule has 0 fully saturated rings. The Hall–Kier alpha value is 2.78. The topological polar surface area (TPSA) is 0 Å². The van der Waals surface area contributed by atoms with Gasteiger partial charge in [0.1, 0.15) is 0 Å². The van der Waals surface area contributed by atoms with E-state index in [1.54, 1.807) is 0 Å². The molecule has 0 saturated carbocycles. The van der Waals surface area contributed by atoms with E-state index in [1.165, 1.54) is 0 Å². The van der Waals surface area contributed by atoms with Crippen LogP contribution in [0.3, 0.4) is 0 Å². The molecular weight excluding hydrogens is 225 g/mol. The molecule has 0 saturated heterocycles. The van der Waals surface area contributed by atoms with Gasteiger partial charge in [-0.15, -0.1) is 0 Å². The predicted molar refractivity (Wildman–Crippen MR) is 30.2 cm³/mol. The second kappa shape index (κ2) is 6.78. The van der Waals surface area contributed by atoms with Crippen LogP contribution in [0.1, 0.15) is 0 Å². The van der Waals surface area contributed by atoms with Crippen LogP contribution in [-0.2, 0) is 0 Å². The largest absolute Gasteiger partial charge is 0.179 e. The average molecular weight is 225 g/mol. The van der Waals surface area contributed by atoms with Gasteiger partial charge in [0, 0.05) is 45.5 Å². The van der Waals surface area contributed by atoms with Crippen LogP contribution in [0.2, 0.25) is 0 Å². The van der Waals surface area contributed by atoms with Gasteiger partial charge < -0.3 is 0 Å². The van der Waals surface area contributed by atoms with Crippen molar-refractivity contribution in [3.8, 4) is 0 Å². The molecule has 0 bridgehead atoms. The van der Waals surface area contributed by atoms with Crippen LogP contribution in [0.15, 0.2) is 0 Å². The summed E-state index contributed by atoms with van der Waals surface area (Å²) in [7, 11) is 0. The Balaban J connectivity index is 0.